The van der Waals surface area contributed by atoms with Gasteiger partial charge in [-0.05, 0) is 18.6 Å². The van der Waals surface area contributed by atoms with Gasteiger partial charge < -0.3 is 10.2 Å². The van der Waals surface area contributed by atoms with E-state index in [2.05, 4.69) is 20.3 Å². The first-order valence-electron chi connectivity index (χ1n) is 8.23. The predicted octanol–water partition coefficient (Wildman–Crippen LogP) is 2.25. The molecular weight excluding hydrogens is 321 g/mol. The lowest BCUT2D eigenvalue weighted by atomic mass is 10.1. The zero-order valence-electron chi connectivity index (χ0n) is 13.8. The number of amides is 1. The minimum absolute atomic E-state index is 0.0298. The first-order valence-corrected chi connectivity index (χ1v) is 8.23. The monoisotopic (exact) mass is 339 g/mol. The third-order valence-corrected chi connectivity index (χ3v) is 4.41. The van der Waals surface area contributed by atoms with Crippen molar-refractivity contribution in [3.63, 3.8) is 0 Å². The van der Waals surface area contributed by atoms with Gasteiger partial charge in [-0.15, -0.1) is 0 Å². The Hall–Kier alpha value is -2.96. The number of hydrogen-bond acceptors (Lipinski definition) is 4. The second-order valence-electron chi connectivity index (χ2n) is 6.21. The van der Waals surface area contributed by atoms with E-state index in [1.54, 1.807) is 35.0 Å². The van der Waals surface area contributed by atoms with Gasteiger partial charge in [-0.25, -0.2) is 9.37 Å². The summed E-state index contributed by atoms with van der Waals surface area (Å²) in [7, 11) is 0. The summed E-state index contributed by atoms with van der Waals surface area (Å²) in [5, 5.41) is 7.29. The maximum Gasteiger partial charge on any atom is 0.217 e. The molecule has 6 nitrogen and oxygen atoms in total. The molecule has 1 aliphatic rings. The summed E-state index contributed by atoms with van der Waals surface area (Å²) < 4.78 is 15.9. The molecule has 25 heavy (non-hydrogen) atoms. The minimum atomic E-state index is -0.303. The molecule has 1 atom stereocenters. The number of hydrogen-bond donors (Lipinski definition) is 1. The standard InChI is InChI=1S/C18H18FN5O/c1-12(25)21-13-7-9-23(11-13)18-10-16(14-4-2-3-5-15(14)19)22-17-6-8-20-24(17)18/h2-6,8,10,13H,7,9,11H2,1H3,(H,21,25). The summed E-state index contributed by atoms with van der Waals surface area (Å²) in [5.74, 6) is 0.515. The number of rotatable bonds is 3. The molecule has 3 aromatic rings. The SMILES string of the molecule is CC(=O)NC1CCN(c2cc(-c3ccccc3F)nc3ccnn23)C1. The van der Waals surface area contributed by atoms with Crippen LogP contribution in [0.3, 0.4) is 0 Å². The van der Waals surface area contributed by atoms with Gasteiger partial charge in [-0.1, -0.05) is 12.1 Å². The van der Waals surface area contributed by atoms with Crippen LogP contribution in [0.15, 0.2) is 42.6 Å². The number of nitrogens with one attached hydrogen (secondary N) is 1. The molecule has 1 aliphatic heterocycles. The van der Waals surface area contributed by atoms with Crippen LogP contribution in [0.4, 0.5) is 10.2 Å². The van der Waals surface area contributed by atoms with E-state index in [0.717, 1.165) is 18.8 Å². The molecule has 1 aromatic carbocycles. The Kier molecular flexibility index (Phi) is 3.83. The van der Waals surface area contributed by atoms with Gasteiger partial charge >= 0.3 is 0 Å². The zero-order chi connectivity index (χ0) is 17.4. The molecule has 128 valence electrons. The van der Waals surface area contributed by atoms with Crippen LogP contribution in [0.2, 0.25) is 0 Å². The van der Waals surface area contributed by atoms with Gasteiger partial charge in [0.25, 0.3) is 0 Å². The Morgan fingerprint density at radius 3 is 2.96 bits per heavy atom. The lowest BCUT2D eigenvalue weighted by Gasteiger charge is -2.20. The first kappa shape index (κ1) is 15.6. The number of carbonyl (C=O) groups is 1. The number of carbonyl (C=O) groups excluding carboxylic acids is 1. The summed E-state index contributed by atoms with van der Waals surface area (Å²) in [6.45, 7) is 3.01. The van der Waals surface area contributed by atoms with Crippen molar-refractivity contribution < 1.29 is 9.18 Å². The fraction of sp³-hybridized carbons (Fsp3) is 0.278. The normalized spacial score (nSPS) is 17.2. The topological polar surface area (TPSA) is 62.5 Å². The Morgan fingerprint density at radius 1 is 1.32 bits per heavy atom. The van der Waals surface area contributed by atoms with Crippen LogP contribution >= 0.6 is 0 Å². The Morgan fingerprint density at radius 2 is 2.16 bits per heavy atom. The molecule has 1 N–H and O–H groups in total. The van der Waals surface area contributed by atoms with Crippen LogP contribution in [0.5, 0.6) is 0 Å². The molecule has 1 fully saturated rings. The van der Waals surface area contributed by atoms with Crippen molar-refractivity contribution >= 4 is 17.4 Å². The Balaban J connectivity index is 1.75. The summed E-state index contributed by atoms with van der Waals surface area (Å²) in [6.07, 6.45) is 2.54. The quantitative estimate of drug-likeness (QED) is 0.795. The first-order chi connectivity index (χ1) is 12.1. The van der Waals surface area contributed by atoms with Crippen LogP contribution < -0.4 is 10.2 Å². The number of halogens is 1. The highest BCUT2D eigenvalue weighted by Gasteiger charge is 2.26. The second kappa shape index (κ2) is 6.16. The molecule has 1 saturated heterocycles. The molecular formula is C18H18FN5O. The number of benzene rings is 1. The fourth-order valence-corrected chi connectivity index (χ4v) is 3.30. The van der Waals surface area contributed by atoms with Crippen LogP contribution in [-0.2, 0) is 4.79 Å². The fourth-order valence-electron chi connectivity index (χ4n) is 3.30. The second-order valence-corrected chi connectivity index (χ2v) is 6.21. The van der Waals surface area contributed by atoms with Crippen molar-refractivity contribution in [3.05, 3.63) is 48.4 Å². The summed E-state index contributed by atoms with van der Waals surface area (Å²) in [4.78, 5) is 18.0. The van der Waals surface area contributed by atoms with Gasteiger partial charge in [-0.2, -0.15) is 9.61 Å². The van der Waals surface area contributed by atoms with E-state index < -0.39 is 0 Å². The van der Waals surface area contributed by atoms with Crippen LogP contribution in [0.1, 0.15) is 13.3 Å². The average molecular weight is 339 g/mol. The molecule has 3 heterocycles. The largest absolute Gasteiger partial charge is 0.354 e. The Bertz CT molecular complexity index is 938. The van der Waals surface area contributed by atoms with Gasteiger partial charge in [0.1, 0.15) is 11.6 Å². The van der Waals surface area contributed by atoms with Crippen LogP contribution in [-0.4, -0.2) is 39.6 Å². The number of fused-ring (bicyclic) bond motifs is 1. The lowest BCUT2D eigenvalue weighted by molar-refractivity contribution is -0.119. The summed E-state index contributed by atoms with van der Waals surface area (Å²) in [5.41, 5.74) is 1.70. The zero-order valence-corrected chi connectivity index (χ0v) is 13.8. The highest BCUT2D eigenvalue weighted by molar-refractivity contribution is 5.73. The smallest absolute Gasteiger partial charge is 0.217 e. The minimum Gasteiger partial charge on any atom is -0.354 e. The van der Waals surface area contributed by atoms with E-state index in [1.807, 2.05) is 6.07 Å². The van der Waals surface area contributed by atoms with E-state index >= 15 is 0 Å². The van der Waals surface area contributed by atoms with Crippen molar-refractivity contribution in [1.29, 1.82) is 0 Å². The molecule has 1 unspecified atom stereocenters. The third kappa shape index (κ3) is 2.93. The predicted molar refractivity (Wildman–Crippen MR) is 92.8 cm³/mol. The van der Waals surface area contributed by atoms with Crippen molar-refractivity contribution in [2.45, 2.75) is 19.4 Å². The van der Waals surface area contributed by atoms with Gasteiger partial charge in [0.15, 0.2) is 5.65 Å². The number of nitrogens with zero attached hydrogens (tertiary/aromatic N) is 4. The van der Waals surface area contributed by atoms with E-state index in [-0.39, 0.29) is 17.8 Å². The van der Waals surface area contributed by atoms with Gasteiger partial charge in [0, 0.05) is 43.8 Å². The molecule has 2 aromatic heterocycles. The van der Waals surface area contributed by atoms with Crippen molar-refractivity contribution in [3.8, 4) is 11.3 Å². The lowest BCUT2D eigenvalue weighted by Crippen LogP contribution is -2.36. The molecule has 0 bridgehead atoms. The van der Waals surface area contributed by atoms with Crippen molar-refractivity contribution in [2.24, 2.45) is 0 Å². The maximum atomic E-state index is 14.2. The van der Waals surface area contributed by atoms with Crippen molar-refractivity contribution in [2.75, 3.05) is 18.0 Å². The molecule has 0 saturated carbocycles. The molecule has 0 spiro atoms. The Labute approximate surface area is 144 Å². The average Bonchev–Trinajstić information content (AvgIpc) is 3.23. The van der Waals surface area contributed by atoms with Gasteiger partial charge in [0.05, 0.1) is 11.9 Å². The van der Waals surface area contributed by atoms with Crippen LogP contribution in [0.25, 0.3) is 16.9 Å². The molecule has 4 rings (SSSR count). The number of aromatic nitrogens is 3. The van der Waals surface area contributed by atoms with E-state index in [0.29, 0.717) is 23.4 Å². The molecule has 0 radical (unpaired) electrons. The van der Waals surface area contributed by atoms with E-state index in [1.165, 1.54) is 13.0 Å². The van der Waals surface area contributed by atoms with E-state index in [9.17, 15) is 9.18 Å². The summed E-state index contributed by atoms with van der Waals surface area (Å²) in [6, 6.07) is 10.4. The summed E-state index contributed by atoms with van der Waals surface area (Å²) >= 11 is 0. The number of anilines is 1. The third-order valence-electron chi connectivity index (χ3n) is 4.41. The van der Waals surface area contributed by atoms with Crippen LogP contribution in [0, 0.1) is 5.82 Å². The van der Waals surface area contributed by atoms with Crippen molar-refractivity contribution in [1.82, 2.24) is 19.9 Å². The van der Waals surface area contributed by atoms with E-state index in [4.69, 9.17) is 0 Å². The maximum absolute atomic E-state index is 14.2. The molecule has 0 aliphatic carbocycles. The molecule has 7 heteroatoms. The van der Waals surface area contributed by atoms with Gasteiger partial charge in [0.2, 0.25) is 5.91 Å². The highest BCUT2D eigenvalue weighted by atomic mass is 19.1. The highest BCUT2D eigenvalue weighted by Crippen LogP contribution is 2.28. The van der Waals surface area contributed by atoms with Gasteiger partial charge in [-0.3, -0.25) is 4.79 Å². The molecule has 1 amide bonds.